The van der Waals surface area contributed by atoms with Crippen LogP contribution in [0.25, 0.3) is 0 Å². The second kappa shape index (κ2) is 10.2. The number of amides is 3. The Labute approximate surface area is 160 Å². The number of hydrogen-bond acceptors (Lipinski definition) is 7. The smallest absolute Gasteiger partial charge is 0.326 e. The van der Waals surface area contributed by atoms with E-state index in [1.807, 2.05) is 5.32 Å². The Kier molecular flexibility index (Phi) is 8.35. The van der Waals surface area contributed by atoms with Crippen LogP contribution < -0.4 is 22.1 Å². The molecule has 0 radical (unpaired) electrons. The lowest BCUT2D eigenvalue weighted by Crippen LogP contribution is -2.58. The average molecular weight is 396 g/mol. The van der Waals surface area contributed by atoms with E-state index in [1.54, 1.807) is 12.1 Å². The van der Waals surface area contributed by atoms with E-state index in [0.717, 1.165) is 0 Å². The van der Waals surface area contributed by atoms with Gasteiger partial charge in [-0.1, -0.05) is 12.1 Å². The van der Waals surface area contributed by atoms with Crippen molar-refractivity contribution in [1.29, 1.82) is 0 Å². The molecule has 1 rings (SSSR count). The number of aliphatic hydroxyl groups is 1. The number of rotatable bonds is 10. The first-order valence-corrected chi connectivity index (χ1v) is 8.34. The molecule has 0 aliphatic heterocycles. The normalized spacial score (nSPS) is 15.0. The van der Waals surface area contributed by atoms with Crippen molar-refractivity contribution < 1.29 is 34.5 Å². The van der Waals surface area contributed by atoms with Gasteiger partial charge < -0.3 is 37.4 Å². The third-order valence-corrected chi connectivity index (χ3v) is 3.81. The van der Waals surface area contributed by atoms with Crippen molar-refractivity contribution in [3.8, 4) is 5.75 Å². The molecule has 0 spiro atoms. The number of nitrogens with two attached hydrogens (primary N) is 2. The summed E-state index contributed by atoms with van der Waals surface area (Å²) in [5.41, 5.74) is 11.4. The third-order valence-electron chi connectivity index (χ3n) is 3.81. The monoisotopic (exact) mass is 396 g/mol. The van der Waals surface area contributed by atoms with Crippen LogP contribution in [-0.4, -0.2) is 63.2 Å². The van der Waals surface area contributed by atoms with E-state index in [9.17, 15) is 29.4 Å². The summed E-state index contributed by atoms with van der Waals surface area (Å²) in [5.74, 6) is -4.14. The summed E-state index contributed by atoms with van der Waals surface area (Å²) in [6.45, 7) is 1.22. The molecule has 0 saturated carbocycles. The SMILES string of the molecule is C[C@@H](O)[C@H](NC(=O)[C@@H](N)Cc1ccc(O)cc1)C(=O)N[C@@H](CC(N)=O)C(=O)O. The van der Waals surface area contributed by atoms with Gasteiger partial charge in [0.25, 0.3) is 0 Å². The summed E-state index contributed by atoms with van der Waals surface area (Å²) in [7, 11) is 0. The standard InChI is InChI=1S/C17H24N4O7/c1-8(22)14(16(26)20-12(17(27)28)7-13(19)24)21-15(25)11(18)6-9-2-4-10(23)5-3-9/h2-5,8,11-12,14,22-23H,6-7,18H2,1H3,(H2,19,24)(H,20,26)(H,21,25)(H,27,28)/t8-,11+,12+,14+/m1/s1. The topological polar surface area (TPSA) is 205 Å². The number of phenols is 1. The first kappa shape index (κ1) is 22.9. The summed E-state index contributed by atoms with van der Waals surface area (Å²) in [4.78, 5) is 46.6. The van der Waals surface area contributed by atoms with E-state index in [1.165, 1.54) is 19.1 Å². The van der Waals surface area contributed by atoms with E-state index in [2.05, 4.69) is 5.32 Å². The summed E-state index contributed by atoms with van der Waals surface area (Å²) < 4.78 is 0. The minimum Gasteiger partial charge on any atom is -0.508 e. The molecule has 1 aromatic rings. The van der Waals surface area contributed by atoms with Crippen LogP contribution in [0.4, 0.5) is 0 Å². The fraction of sp³-hybridized carbons (Fsp3) is 0.412. The van der Waals surface area contributed by atoms with Crippen LogP contribution in [0, 0.1) is 0 Å². The van der Waals surface area contributed by atoms with Crippen molar-refractivity contribution in [3.63, 3.8) is 0 Å². The molecular formula is C17H24N4O7. The van der Waals surface area contributed by atoms with Crippen molar-refractivity contribution >= 4 is 23.7 Å². The molecule has 4 atom stereocenters. The molecule has 1 aromatic carbocycles. The number of hydrogen-bond donors (Lipinski definition) is 7. The molecule has 28 heavy (non-hydrogen) atoms. The molecule has 0 fully saturated rings. The van der Waals surface area contributed by atoms with Gasteiger partial charge in [-0.2, -0.15) is 0 Å². The quantitative estimate of drug-likeness (QED) is 0.226. The molecule has 11 nitrogen and oxygen atoms in total. The van der Waals surface area contributed by atoms with Gasteiger partial charge in [0.2, 0.25) is 17.7 Å². The van der Waals surface area contributed by atoms with Crippen LogP contribution in [-0.2, 0) is 25.6 Å². The van der Waals surface area contributed by atoms with Gasteiger partial charge in [-0.15, -0.1) is 0 Å². The zero-order valence-electron chi connectivity index (χ0n) is 15.2. The van der Waals surface area contributed by atoms with Crippen molar-refractivity contribution in [2.75, 3.05) is 0 Å². The predicted octanol–water partition coefficient (Wildman–Crippen LogP) is -2.43. The van der Waals surface area contributed by atoms with E-state index in [4.69, 9.17) is 16.6 Å². The van der Waals surface area contributed by atoms with E-state index in [0.29, 0.717) is 5.56 Å². The highest BCUT2D eigenvalue weighted by Crippen LogP contribution is 2.11. The second-order valence-corrected chi connectivity index (χ2v) is 6.27. The summed E-state index contributed by atoms with van der Waals surface area (Å²) in [6.07, 6.45) is -1.92. The van der Waals surface area contributed by atoms with Crippen LogP contribution in [0.1, 0.15) is 18.9 Å². The lowest BCUT2D eigenvalue weighted by molar-refractivity contribution is -0.144. The highest BCUT2D eigenvalue weighted by atomic mass is 16.4. The molecule has 11 heteroatoms. The number of carbonyl (C=O) groups excluding carboxylic acids is 3. The van der Waals surface area contributed by atoms with Gasteiger partial charge in [0.15, 0.2) is 0 Å². The van der Waals surface area contributed by atoms with Gasteiger partial charge in [0, 0.05) is 0 Å². The molecule has 0 aliphatic rings. The molecule has 0 unspecified atom stereocenters. The van der Waals surface area contributed by atoms with Gasteiger partial charge in [0.1, 0.15) is 17.8 Å². The number of benzene rings is 1. The maximum atomic E-state index is 12.3. The van der Waals surface area contributed by atoms with Crippen molar-refractivity contribution in [2.45, 2.75) is 44.0 Å². The van der Waals surface area contributed by atoms with Crippen LogP contribution >= 0.6 is 0 Å². The summed E-state index contributed by atoms with van der Waals surface area (Å²) in [5, 5.41) is 32.4. The van der Waals surface area contributed by atoms with E-state index < -0.39 is 54.3 Å². The first-order chi connectivity index (χ1) is 13.0. The average Bonchev–Trinajstić information content (AvgIpc) is 2.59. The molecule has 9 N–H and O–H groups in total. The largest absolute Gasteiger partial charge is 0.508 e. The Morgan fingerprint density at radius 1 is 1.07 bits per heavy atom. The van der Waals surface area contributed by atoms with Crippen LogP contribution in [0.2, 0.25) is 0 Å². The van der Waals surface area contributed by atoms with Gasteiger partial charge in [-0.3, -0.25) is 14.4 Å². The highest BCUT2D eigenvalue weighted by Gasteiger charge is 2.31. The Hall–Kier alpha value is -3.18. The van der Waals surface area contributed by atoms with E-state index in [-0.39, 0.29) is 12.2 Å². The minimum absolute atomic E-state index is 0.0524. The summed E-state index contributed by atoms with van der Waals surface area (Å²) >= 11 is 0. The van der Waals surface area contributed by atoms with Crippen molar-refractivity contribution in [3.05, 3.63) is 29.8 Å². The fourth-order valence-corrected chi connectivity index (χ4v) is 2.31. The molecule has 0 saturated heterocycles. The number of aliphatic hydroxyl groups excluding tert-OH is 1. The van der Waals surface area contributed by atoms with Crippen LogP contribution in [0.3, 0.4) is 0 Å². The maximum Gasteiger partial charge on any atom is 0.326 e. The second-order valence-electron chi connectivity index (χ2n) is 6.27. The molecule has 0 bridgehead atoms. The van der Waals surface area contributed by atoms with Gasteiger partial charge in [0.05, 0.1) is 18.6 Å². The molecule has 0 aromatic heterocycles. The highest BCUT2D eigenvalue weighted by molar-refractivity contribution is 5.93. The zero-order chi connectivity index (χ0) is 21.4. The molecular weight excluding hydrogens is 372 g/mol. The minimum atomic E-state index is -1.60. The number of phenolic OH excluding ortho intramolecular Hbond substituents is 1. The van der Waals surface area contributed by atoms with Gasteiger partial charge in [-0.25, -0.2) is 4.79 Å². The Bertz CT molecular complexity index is 721. The van der Waals surface area contributed by atoms with Crippen LogP contribution in [0.15, 0.2) is 24.3 Å². The number of carboxylic acids is 1. The molecule has 3 amide bonds. The Morgan fingerprint density at radius 2 is 1.64 bits per heavy atom. The first-order valence-electron chi connectivity index (χ1n) is 8.34. The zero-order valence-corrected chi connectivity index (χ0v) is 15.2. The predicted molar refractivity (Wildman–Crippen MR) is 96.8 cm³/mol. The number of carbonyl (C=O) groups is 4. The number of primary amides is 1. The Balaban J connectivity index is 2.77. The molecule has 0 aliphatic carbocycles. The lowest BCUT2D eigenvalue weighted by atomic mass is 10.0. The number of carboxylic acid groups (broad SMARTS) is 1. The van der Waals surface area contributed by atoms with Crippen LogP contribution in [0.5, 0.6) is 5.75 Å². The van der Waals surface area contributed by atoms with Crippen molar-refractivity contribution in [1.82, 2.24) is 10.6 Å². The number of aromatic hydroxyl groups is 1. The van der Waals surface area contributed by atoms with Gasteiger partial charge in [-0.05, 0) is 31.0 Å². The van der Waals surface area contributed by atoms with Gasteiger partial charge >= 0.3 is 5.97 Å². The van der Waals surface area contributed by atoms with E-state index >= 15 is 0 Å². The lowest BCUT2D eigenvalue weighted by Gasteiger charge is -2.24. The number of aliphatic carboxylic acids is 1. The maximum absolute atomic E-state index is 12.3. The molecule has 0 heterocycles. The summed E-state index contributed by atoms with van der Waals surface area (Å²) in [6, 6.07) is 1.83. The van der Waals surface area contributed by atoms with Crippen molar-refractivity contribution in [2.24, 2.45) is 11.5 Å². The fourth-order valence-electron chi connectivity index (χ4n) is 2.31. The third kappa shape index (κ3) is 7.21. The molecule has 154 valence electrons. The Morgan fingerprint density at radius 3 is 2.11 bits per heavy atom. The number of nitrogens with one attached hydrogen (secondary N) is 2.